The van der Waals surface area contributed by atoms with E-state index in [2.05, 4.69) is 29.4 Å². The average molecular weight is 349 g/mol. The second-order valence-corrected chi connectivity index (χ2v) is 8.81. The third-order valence-corrected chi connectivity index (χ3v) is 7.05. The van der Waals surface area contributed by atoms with Gasteiger partial charge in [0.2, 0.25) is 0 Å². The normalized spacial score (nSPS) is 34.4. The van der Waals surface area contributed by atoms with Gasteiger partial charge in [0.1, 0.15) is 0 Å². The van der Waals surface area contributed by atoms with Crippen molar-refractivity contribution in [1.82, 2.24) is 10.2 Å². The standard InChI is InChI=1S/C19H25ClN2S/c1-22(18(23)21-12-13-2-4-17(20)5-3-13)19-9-14-6-15(10-19)8-16(7-14)11-19/h2-5,14-16H,6-12H2,1H3,(H,21,23). The Balaban J connectivity index is 1.41. The first-order valence-corrected chi connectivity index (χ1v) is 9.59. The minimum Gasteiger partial charge on any atom is -0.358 e. The van der Waals surface area contributed by atoms with Crippen molar-refractivity contribution in [3.63, 3.8) is 0 Å². The zero-order valence-corrected chi connectivity index (χ0v) is 15.3. The van der Waals surface area contributed by atoms with Crippen molar-refractivity contribution in [2.75, 3.05) is 7.05 Å². The van der Waals surface area contributed by atoms with Gasteiger partial charge in [-0.15, -0.1) is 0 Å². The van der Waals surface area contributed by atoms with Crippen LogP contribution in [-0.4, -0.2) is 22.6 Å². The lowest BCUT2D eigenvalue weighted by molar-refractivity contribution is -0.0548. The molecule has 0 radical (unpaired) electrons. The van der Waals surface area contributed by atoms with Crippen molar-refractivity contribution in [2.24, 2.45) is 17.8 Å². The van der Waals surface area contributed by atoms with Gasteiger partial charge in [0.25, 0.3) is 0 Å². The van der Waals surface area contributed by atoms with Gasteiger partial charge >= 0.3 is 0 Å². The van der Waals surface area contributed by atoms with E-state index in [1.54, 1.807) is 0 Å². The molecule has 4 saturated carbocycles. The van der Waals surface area contributed by atoms with E-state index in [0.717, 1.165) is 34.4 Å². The topological polar surface area (TPSA) is 15.3 Å². The van der Waals surface area contributed by atoms with Crippen LogP contribution in [0, 0.1) is 17.8 Å². The first kappa shape index (κ1) is 15.7. The number of hydrogen-bond acceptors (Lipinski definition) is 1. The van der Waals surface area contributed by atoms with Gasteiger partial charge in [0, 0.05) is 24.2 Å². The molecule has 5 rings (SSSR count). The highest BCUT2D eigenvalue weighted by Gasteiger charge is 2.53. The summed E-state index contributed by atoms with van der Waals surface area (Å²) in [4.78, 5) is 2.41. The second-order valence-electron chi connectivity index (χ2n) is 7.99. The van der Waals surface area contributed by atoms with Gasteiger partial charge in [-0.1, -0.05) is 23.7 Å². The lowest BCUT2D eigenvalue weighted by atomic mass is 9.52. The minimum absolute atomic E-state index is 0.332. The van der Waals surface area contributed by atoms with E-state index >= 15 is 0 Å². The van der Waals surface area contributed by atoms with Gasteiger partial charge in [-0.25, -0.2) is 0 Å². The highest BCUT2D eigenvalue weighted by molar-refractivity contribution is 7.80. The third-order valence-electron chi connectivity index (χ3n) is 6.38. The number of halogens is 1. The Morgan fingerprint density at radius 1 is 1.13 bits per heavy atom. The molecular weight excluding hydrogens is 324 g/mol. The summed E-state index contributed by atoms with van der Waals surface area (Å²) >= 11 is 11.7. The summed E-state index contributed by atoms with van der Waals surface area (Å²) in [7, 11) is 2.21. The molecule has 0 spiro atoms. The molecule has 2 nitrogen and oxygen atoms in total. The van der Waals surface area contributed by atoms with E-state index in [1.165, 1.54) is 44.1 Å². The van der Waals surface area contributed by atoms with E-state index in [4.69, 9.17) is 23.8 Å². The summed E-state index contributed by atoms with van der Waals surface area (Å²) in [5.41, 5.74) is 1.55. The molecule has 124 valence electrons. The molecule has 4 fully saturated rings. The van der Waals surface area contributed by atoms with Crippen LogP contribution in [0.2, 0.25) is 5.02 Å². The molecule has 0 atom stereocenters. The molecule has 4 heteroatoms. The molecule has 1 aromatic rings. The van der Waals surface area contributed by atoms with E-state index in [1.807, 2.05) is 12.1 Å². The highest BCUT2D eigenvalue weighted by Crippen LogP contribution is 2.57. The summed E-state index contributed by atoms with van der Waals surface area (Å²) < 4.78 is 0. The molecule has 4 aliphatic rings. The third kappa shape index (κ3) is 2.98. The van der Waals surface area contributed by atoms with Crippen LogP contribution >= 0.6 is 23.8 Å². The smallest absolute Gasteiger partial charge is 0.169 e. The fourth-order valence-corrected chi connectivity index (χ4v) is 5.98. The van der Waals surface area contributed by atoms with Crippen molar-refractivity contribution in [2.45, 2.75) is 50.6 Å². The lowest BCUT2D eigenvalue weighted by Crippen LogP contribution is -2.61. The van der Waals surface area contributed by atoms with E-state index < -0.39 is 0 Å². The molecule has 1 aromatic carbocycles. The first-order chi connectivity index (χ1) is 11.0. The van der Waals surface area contributed by atoms with Crippen LogP contribution in [0.5, 0.6) is 0 Å². The van der Waals surface area contributed by atoms with Gasteiger partial charge in [-0.05, 0) is 86.2 Å². The maximum absolute atomic E-state index is 5.95. The molecule has 0 aliphatic heterocycles. The van der Waals surface area contributed by atoms with Crippen molar-refractivity contribution in [3.8, 4) is 0 Å². The van der Waals surface area contributed by atoms with Crippen LogP contribution in [0.3, 0.4) is 0 Å². The minimum atomic E-state index is 0.332. The van der Waals surface area contributed by atoms with Crippen molar-refractivity contribution < 1.29 is 0 Å². The number of rotatable bonds is 3. The van der Waals surface area contributed by atoms with Crippen LogP contribution in [0.15, 0.2) is 24.3 Å². The molecule has 0 unspecified atom stereocenters. The number of nitrogens with one attached hydrogen (secondary N) is 1. The van der Waals surface area contributed by atoms with Gasteiger partial charge in [0.05, 0.1) is 0 Å². The van der Waals surface area contributed by atoms with Gasteiger partial charge in [-0.3, -0.25) is 0 Å². The van der Waals surface area contributed by atoms with Crippen molar-refractivity contribution in [1.29, 1.82) is 0 Å². The Hall–Kier alpha value is -0.800. The predicted octanol–water partition coefficient (Wildman–Crippen LogP) is 4.62. The summed E-state index contributed by atoms with van der Waals surface area (Å²) in [6, 6.07) is 7.99. The quantitative estimate of drug-likeness (QED) is 0.803. The fraction of sp³-hybridized carbons (Fsp3) is 0.632. The lowest BCUT2D eigenvalue weighted by Gasteiger charge is -2.60. The zero-order chi connectivity index (χ0) is 16.0. The Labute approximate surface area is 149 Å². The number of nitrogens with zero attached hydrogens (tertiary/aromatic N) is 1. The number of hydrogen-bond donors (Lipinski definition) is 1. The maximum Gasteiger partial charge on any atom is 0.169 e. The summed E-state index contributed by atoms with van der Waals surface area (Å²) in [6.07, 6.45) is 8.45. The highest BCUT2D eigenvalue weighted by atomic mass is 35.5. The second kappa shape index (κ2) is 5.93. The number of benzene rings is 1. The van der Waals surface area contributed by atoms with Crippen LogP contribution in [0.25, 0.3) is 0 Å². The monoisotopic (exact) mass is 348 g/mol. The van der Waals surface area contributed by atoms with Crippen LogP contribution in [-0.2, 0) is 6.54 Å². The Morgan fingerprint density at radius 2 is 1.65 bits per heavy atom. The summed E-state index contributed by atoms with van der Waals surface area (Å²) in [5, 5.41) is 5.14. The molecular formula is C19H25ClN2S. The maximum atomic E-state index is 5.95. The molecule has 1 N–H and O–H groups in total. The van der Waals surface area contributed by atoms with Crippen LogP contribution < -0.4 is 5.32 Å². The Bertz CT molecular complexity index is 563. The summed E-state index contributed by atoms with van der Waals surface area (Å²) in [5.74, 6) is 2.84. The van der Waals surface area contributed by atoms with E-state index in [-0.39, 0.29) is 0 Å². The molecule has 0 heterocycles. The fourth-order valence-electron chi connectivity index (χ4n) is 5.59. The van der Waals surface area contributed by atoms with Crippen LogP contribution in [0.1, 0.15) is 44.1 Å². The first-order valence-electron chi connectivity index (χ1n) is 8.80. The van der Waals surface area contributed by atoms with Gasteiger partial charge in [-0.2, -0.15) is 0 Å². The molecule has 4 bridgehead atoms. The van der Waals surface area contributed by atoms with Crippen molar-refractivity contribution >= 4 is 28.9 Å². The zero-order valence-electron chi connectivity index (χ0n) is 13.7. The molecule has 0 aromatic heterocycles. The predicted molar refractivity (Wildman–Crippen MR) is 99.6 cm³/mol. The number of thiocarbonyl (C=S) groups is 1. The average Bonchev–Trinajstić information content (AvgIpc) is 2.52. The van der Waals surface area contributed by atoms with E-state index in [9.17, 15) is 0 Å². The molecule has 0 saturated heterocycles. The molecule has 4 aliphatic carbocycles. The Kier molecular flexibility index (Phi) is 4.05. The summed E-state index contributed by atoms with van der Waals surface area (Å²) in [6.45, 7) is 0.771. The molecule has 0 amide bonds. The SMILES string of the molecule is CN(C(=S)NCc1ccc(Cl)cc1)C12CC3CC(CC(C3)C1)C2. The van der Waals surface area contributed by atoms with Crippen molar-refractivity contribution in [3.05, 3.63) is 34.9 Å². The van der Waals surface area contributed by atoms with E-state index in [0.29, 0.717) is 5.54 Å². The largest absolute Gasteiger partial charge is 0.358 e. The van der Waals surface area contributed by atoms with Gasteiger partial charge in [0.15, 0.2) is 5.11 Å². The van der Waals surface area contributed by atoms with Gasteiger partial charge < -0.3 is 10.2 Å². The van der Waals surface area contributed by atoms with Crippen LogP contribution in [0.4, 0.5) is 0 Å². The molecule has 23 heavy (non-hydrogen) atoms. The Morgan fingerprint density at radius 3 is 2.17 bits per heavy atom.